The maximum absolute atomic E-state index is 13.7. The van der Waals surface area contributed by atoms with E-state index in [9.17, 15) is 9.18 Å². The average Bonchev–Trinajstić information content (AvgIpc) is 2.41. The molecule has 6 heteroatoms. The number of benzene rings is 1. The Morgan fingerprint density at radius 2 is 2.11 bits per heavy atom. The van der Waals surface area contributed by atoms with Crippen LogP contribution in [-0.2, 0) is 0 Å². The fraction of sp³-hybridized carbons (Fsp3) is 0. The molecule has 0 aliphatic rings. The van der Waals surface area contributed by atoms with Crippen LogP contribution in [0.1, 0.15) is 15.9 Å². The van der Waals surface area contributed by atoms with E-state index in [2.05, 4.69) is 10.3 Å². The van der Waals surface area contributed by atoms with Crippen LogP contribution in [0, 0.1) is 5.82 Å². The minimum absolute atomic E-state index is 0.0638. The van der Waals surface area contributed by atoms with Crippen molar-refractivity contribution in [3.63, 3.8) is 0 Å². The summed E-state index contributed by atoms with van der Waals surface area (Å²) in [5.74, 6) is -1.03. The van der Waals surface area contributed by atoms with Gasteiger partial charge in [-0.15, -0.1) is 0 Å². The fourth-order valence-electron chi connectivity index (χ4n) is 1.46. The first kappa shape index (κ1) is 13.1. The minimum atomic E-state index is -0.595. The van der Waals surface area contributed by atoms with Gasteiger partial charge >= 0.3 is 0 Å². The predicted octanol–water partition coefficient (Wildman–Crippen LogP) is 2.11. The van der Waals surface area contributed by atoms with Crippen molar-refractivity contribution in [1.29, 1.82) is 0 Å². The summed E-state index contributed by atoms with van der Waals surface area (Å²) in [4.78, 5) is 15.7. The molecule has 3 N–H and O–H groups in total. The average molecular weight is 275 g/mol. The number of rotatable bonds is 3. The Bertz CT molecular complexity index is 631. The molecular weight excluding hydrogens is 265 g/mol. The highest BCUT2D eigenvalue weighted by molar-refractivity contribution is 7.80. The molecule has 1 amide bonds. The van der Waals surface area contributed by atoms with Crippen LogP contribution in [-0.4, -0.2) is 15.9 Å². The van der Waals surface area contributed by atoms with E-state index < -0.39 is 11.7 Å². The number of aromatic nitrogens is 1. The quantitative estimate of drug-likeness (QED) is 0.842. The Balaban J connectivity index is 2.20. The molecule has 2 aromatic rings. The SMILES string of the molecule is NC(=S)c1ccc(NC(=O)c2cccnc2)c(F)c1. The summed E-state index contributed by atoms with van der Waals surface area (Å²) in [5, 5.41) is 2.45. The van der Waals surface area contributed by atoms with Gasteiger partial charge in [0.15, 0.2) is 0 Å². The van der Waals surface area contributed by atoms with E-state index in [1.807, 2.05) is 0 Å². The first-order valence-corrected chi connectivity index (χ1v) is 5.79. The highest BCUT2D eigenvalue weighted by Crippen LogP contribution is 2.16. The first-order valence-electron chi connectivity index (χ1n) is 5.38. The molecule has 0 saturated heterocycles. The first-order chi connectivity index (χ1) is 9.08. The number of halogens is 1. The summed E-state index contributed by atoms with van der Waals surface area (Å²) in [6.45, 7) is 0. The Hall–Kier alpha value is -2.34. The van der Waals surface area contributed by atoms with E-state index in [-0.39, 0.29) is 10.7 Å². The van der Waals surface area contributed by atoms with Crippen LogP contribution < -0.4 is 11.1 Å². The van der Waals surface area contributed by atoms with E-state index in [1.165, 1.54) is 18.3 Å². The fourth-order valence-corrected chi connectivity index (χ4v) is 1.59. The monoisotopic (exact) mass is 275 g/mol. The van der Waals surface area contributed by atoms with Crippen molar-refractivity contribution < 1.29 is 9.18 Å². The number of amides is 1. The van der Waals surface area contributed by atoms with E-state index in [1.54, 1.807) is 24.4 Å². The van der Waals surface area contributed by atoms with Gasteiger partial charge in [0.05, 0.1) is 11.3 Å². The molecule has 1 aromatic heterocycles. The summed E-state index contributed by atoms with van der Waals surface area (Å²) < 4.78 is 13.7. The lowest BCUT2D eigenvalue weighted by Crippen LogP contribution is -2.14. The summed E-state index contributed by atoms with van der Waals surface area (Å²) >= 11 is 4.74. The van der Waals surface area contributed by atoms with Gasteiger partial charge in [0.1, 0.15) is 10.8 Å². The van der Waals surface area contributed by atoms with Crippen LogP contribution in [0.25, 0.3) is 0 Å². The molecule has 0 aliphatic heterocycles. The molecule has 96 valence electrons. The molecule has 0 fully saturated rings. The van der Waals surface area contributed by atoms with Gasteiger partial charge in [-0.1, -0.05) is 12.2 Å². The van der Waals surface area contributed by atoms with Crippen molar-refractivity contribution in [2.75, 3.05) is 5.32 Å². The molecule has 0 aliphatic carbocycles. The van der Waals surface area contributed by atoms with E-state index in [0.29, 0.717) is 11.1 Å². The molecule has 0 atom stereocenters. The Morgan fingerprint density at radius 3 is 2.68 bits per heavy atom. The number of carbonyl (C=O) groups excluding carboxylic acids is 1. The second kappa shape index (κ2) is 5.53. The minimum Gasteiger partial charge on any atom is -0.389 e. The number of anilines is 1. The van der Waals surface area contributed by atoms with Crippen molar-refractivity contribution in [2.24, 2.45) is 5.73 Å². The lowest BCUT2D eigenvalue weighted by atomic mass is 10.2. The third-order valence-corrected chi connectivity index (χ3v) is 2.66. The Kier molecular flexibility index (Phi) is 3.82. The van der Waals surface area contributed by atoms with Gasteiger partial charge in [-0.2, -0.15) is 0 Å². The summed E-state index contributed by atoms with van der Waals surface area (Å²) in [7, 11) is 0. The van der Waals surface area contributed by atoms with Crippen LogP contribution in [0.15, 0.2) is 42.7 Å². The van der Waals surface area contributed by atoms with Crippen LogP contribution in [0.2, 0.25) is 0 Å². The van der Waals surface area contributed by atoms with Crippen molar-refractivity contribution in [3.8, 4) is 0 Å². The molecule has 0 radical (unpaired) electrons. The van der Waals surface area contributed by atoms with E-state index >= 15 is 0 Å². The molecule has 0 spiro atoms. The van der Waals surface area contributed by atoms with Crippen molar-refractivity contribution in [2.45, 2.75) is 0 Å². The topological polar surface area (TPSA) is 68.0 Å². The molecule has 1 aromatic carbocycles. The van der Waals surface area contributed by atoms with Crippen LogP contribution in [0.4, 0.5) is 10.1 Å². The van der Waals surface area contributed by atoms with E-state index in [0.717, 1.165) is 0 Å². The van der Waals surface area contributed by atoms with Crippen molar-refractivity contribution in [3.05, 3.63) is 59.7 Å². The Morgan fingerprint density at radius 1 is 1.32 bits per heavy atom. The highest BCUT2D eigenvalue weighted by Gasteiger charge is 2.10. The summed E-state index contributed by atoms with van der Waals surface area (Å²) in [6.07, 6.45) is 2.95. The van der Waals surface area contributed by atoms with Gasteiger partial charge in [-0.05, 0) is 30.3 Å². The lowest BCUT2D eigenvalue weighted by Gasteiger charge is -2.07. The molecule has 0 unspecified atom stereocenters. The van der Waals surface area contributed by atoms with Gasteiger partial charge < -0.3 is 11.1 Å². The highest BCUT2D eigenvalue weighted by atomic mass is 32.1. The smallest absolute Gasteiger partial charge is 0.257 e. The summed E-state index contributed by atoms with van der Waals surface area (Å²) in [5.41, 5.74) is 6.21. The number of nitrogens with zero attached hydrogens (tertiary/aromatic N) is 1. The lowest BCUT2D eigenvalue weighted by molar-refractivity contribution is 0.102. The molecule has 1 heterocycles. The van der Waals surface area contributed by atoms with Gasteiger partial charge in [-0.25, -0.2) is 4.39 Å². The van der Waals surface area contributed by atoms with Crippen molar-refractivity contribution in [1.82, 2.24) is 4.98 Å². The van der Waals surface area contributed by atoms with E-state index in [4.69, 9.17) is 18.0 Å². The van der Waals surface area contributed by atoms with Crippen LogP contribution in [0.5, 0.6) is 0 Å². The second-order valence-electron chi connectivity index (χ2n) is 3.75. The van der Waals surface area contributed by atoms with Gasteiger partial charge in [0, 0.05) is 18.0 Å². The second-order valence-corrected chi connectivity index (χ2v) is 4.19. The number of nitrogens with one attached hydrogen (secondary N) is 1. The maximum Gasteiger partial charge on any atom is 0.257 e. The number of thiocarbonyl (C=S) groups is 1. The van der Waals surface area contributed by atoms with Gasteiger partial charge in [0.2, 0.25) is 0 Å². The third kappa shape index (κ3) is 3.11. The van der Waals surface area contributed by atoms with Gasteiger partial charge in [-0.3, -0.25) is 9.78 Å². The molecular formula is C13H10FN3OS. The number of carbonyl (C=O) groups is 1. The largest absolute Gasteiger partial charge is 0.389 e. The Labute approximate surface area is 114 Å². The number of pyridine rings is 1. The van der Waals surface area contributed by atoms with Crippen LogP contribution in [0.3, 0.4) is 0 Å². The zero-order valence-corrected chi connectivity index (χ0v) is 10.6. The summed E-state index contributed by atoms with van der Waals surface area (Å²) in [6, 6.07) is 7.36. The maximum atomic E-state index is 13.7. The zero-order valence-electron chi connectivity index (χ0n) is 9.76. The molecule has 4 nitrogen and oxygen atoms in total. The third-order valence-electron chi connectivity index (χ3n) is 2.43. The zero-order chi connectivity index (χ0) is 13.8. The van der Waals surface area contributed by atoms with Crippen LogP contribution >= 0.6 is 12.2 Å². The predicted molar refractivity (Wildman–Crippen MR) is 74.5 cm³/mol. The van der Waals surface area contributed by atoms with Crippen molar-refractivity contribution >= 4 is 28.8 Å². The van der Waals surface area contributed by atoms with Gasteiger partial charge in [0.25, 0.3) is 5.91 Å². The standard InChI is InChI=1S/C13H10FN3OS/c14-10-6-8(12(15)19)3-4-11(10)17-13(18)9-2-1-5-16-7-9/h1-7H,(H2,15,19)(H,17,18). The number of hydrogen-bond donors (Lipinski definition) is 2. The molecule has 0 bridgehead atoms. The molecule has 2 rings (SSSR count). The number of nitrogens with two attached hydrogens (primary N) is 1. The number of hydrogen-bond acceptors (Lipinski definition) is 3. The normalized spacial score (nSPS) is 9.95. The molecule has 19 heavy (non-hydrogen) atoms. The molecule has 0 saturated carbocycles.